The fourth-order valence-corrected chi connectivity index (χ4v) is 2.64. The molecule has 19 heavy (non-hydrogen) atoms. The van der Waals surface area contributed by atoms with E-state index >= 15 is 0 Å². The van der Waals surface area contributed by atoms with E-state index in [9.17, 15) is 4.79 Å². The highest BCUT2D eigenvalue weighted by Crippen LogP contribution is 2.27. The van der Waals surface area contributed by atoms with E-state index < -0.39 is 0 Å². The summed E-state index contributed by atoms with van der Waals surface area (Å²) in [5.41, 5.74) is 3.19. The minimum Gasteiger partial charge on any atom is -0.324 e. The van der Waals surface area contributed by atoms with Crippen LogP contribution in [0.2, 0.25) is 5.02 Å². The van der Waals surface area contributed by atoms with Crippen LogP contribution in [0.3, 0.4) is 0 Å². The number of carbonyl (C=O) groups excluding carboxylic acids is 1. The SMILES string of the molecule is O=C(Nc1cncc(Cl)c1)C1Cc2ccccc2C1. The second-order valence-electron chi connectivity index (χ2n) is 4.75. The van der Waals surface area contributed by atoms with Gasteiger partial charge in [-0.25, -0.2) is 0 Å². The zero-order valence-corrected chi connectivity index (χ0v) is 11.0. The predicted octanol–water partition coefficient (Wildman–Crippen LogP) is 3.09. The highest BCUT2D eigenvalue weighted by Gasteiger charge is 2.27. The van der Waals surface area contributed by atoms with Gasteiger partial charge >= 0.3 is 0 Å². The van der Waals surface area contributed by atoms with E-state index in [4.69, 9.17) is 11.6 Å². The van der Waals surface area contributed by atoms with Crippen molar-refractivity contribution < 1.29 is 4.79 Å². The molecule has 0 atom stereocenters. The van der Waals surface area contributed by atoms with Gasteiger partial charge in [0.25, 0.3) is 0 Å². The number of benzene rings is 1. The maximum Gasteiger partial charge on any atom is 0.228 e. The van der Waals surface area contributed by atoms with Crippen molar-refractivity contribution in [2.75, 3.05) is 5.32 Å². The van der Waals surface area contributed by atoms with Gasteiger partial charge in [-0.05, 0) is 30.0 Å². The molecule has 0 unspecified atom stereocenters. The summed E-state index contributed by atoms with van der Waals surface area (Å²) in [5.74, 6) is 0.0247. The molecule has 0 fully saturated rings. The molecule has 1 N–H and O–H groups in total. The molecule has 1 heterocycles. The summed E-state index contributed by atoms with van der Waals surface area (Å²) >= 11 is 5.85. The number of halogens is 1. The minimum absolute atomic E-state index is 0.00335. The minimum atomic E-state index is -0.00335. The Morgan fingerprint density at radius 2 is 1.89 bits per heavy atom. The number of nitrogens with zero attached hydrogens (tertiary/aromatic N) is 1. The molecule has 96 valence electrons. The Balaban J connectivity index is 1.70. The summed E-state index contributed by atoms with van der Waals surface area (Å²) in [4.78, 5) is 16.2. The molecule has 3 nitrogen and oxygen atoms in total. The van der Waals surface area contributed by atoms with Crippen LogP contribution >= 0.6 is 11.6 Å². The monoisotopic (exact) mass is 272 g/mol. The second-order valence-corrected chi connectivity index (χ2v) is 5.19. The number of pyridine rings is 1. The number of hydrogen-bond donors (Lipinski definition) is 1. The van der Waals surface area contributed by atoms with Gasteiger partial charge in [0.05, 0.1) is 16.9 Å². The average molecular weight is 273 g/mol. The standard InChI is InChI=1S/C15H13ClN2O/c16-13-7-14(9-17-8-13)18-15(19)12-5-10-3-1-2-4-11(10)6-12/h1-4,7-9,12H,5-6H2,(H,18,19). The van der Waals surface area contributed by atoms with Crippen LogP contribution in [-0.4, -0.2) is 10.9 Å². The van der Waals surface area contributed by atoms with Crippen LogP contribution in [0.15, 0.2) is 42.7 Å². The van der Waals surface area contributed by atoms with Gasteiger partial charge in [-0.2, -0.15) is 0 Å². The highest BCUT2D eigenvalue weighted by atomic mass is 35.5. The molecule has 1 aliphatic carbocycles. The zero-order chi connectivity index (χ0) is 13.2. The Labute approximate surface area is 116 Å². The Morgan fingerprint density at radius 3 is 2.53 bits per heavy atom. The van der Waals surface area contributed by atoms with E-state index in [-0.39, 0.29) is 11.8 Å². The average Bonchev–Trinajstić information content (AvgIpc) is 2.82. The fraction of sp³-hybridized carbons (Fsp3) is 0.200. The van der Waals surface area contributed by atoms with Crippen LogP contribution in [0.5, 0.6) is 0 Å². The molecule has 0 bridgehead atoms. The fourth-order valence-electron chi connectivity index (χ4n) is 2.47. The summed E-state index contributed by atoms with van der Waals surface area (Å²) in [5, 5.41) is 3.39. The zero-order valence-electron chi connectivity index (χ0n) is 10.3. The first-order chi connectivity index (χ1) is 9.22. The molecule has 1 amide bonds. The van der Waals surface area contributed by atoms with Crippen LogP contribution < -0.4 is 5.32 Å². The number of nitrogens with one attached hydrogen (secondary N) is 1. The summed E-state index contributed by atoms with van der Waals surface area (Å²) in [6.45, 7) is 0. The van der Waals surface area contributed by atoms with Gasteiger partial charge in [-0.3, -0.25) is 9.78 Å². The maximum absolute atomic E-state index is 12.2. The lowest BCUT2D eigenvalue weighted by Gasteiger charge is -2.10. The molecule has 0 saturated carbocycles. The third kappa shape index (κ3) is 2.61. The van der Waals surface area contributed by atoms with Gasteiger partial charge in [0.15, 0.2) is 0 Å². The first kappa shape index (κ1) is 12.2. The summed E-state index contributed by atoms with van der Waals surface area (Å²) < 4.78 is 0. The van der Waals surface area contributed by atoms with Crippen LogP contribution in [0.1, 0.15) is 11.1 Å². The van der Waals surface area contributed by atoms with Crippen molar-refractivity contribution in [3.05, 3.63) is 58.9 Å². The van der Waals surface area contributed by atoms with E-state index in [0.717, 1.165) is 12.8 Å². The Kier molecular flexibility index (Phi) is 3.22. The van der Waals surface area contributed by atoms with Crippen molar-refractivity contribution in [1.82, 2.24) is 4.98 Å². The van der Waals surface area contributed by atoms with Crippen molar-refractivity contribution in [3.8, 4) is 0 Å². The molecule has 1 aromatic heterocycles. The molecule has 1 aliphatic rings. The van der Waals surface area contributed by atoms with E-state index in [1.807, 2.05) is 12.1 Å². The molecule has 1 aromatic carbocycles. The van der Waals surface area contributed by atoms with Crippen LogP contribution in [-0.2, 0) is 17.6 Å². The van der Waals surface area contributed by atoms with Gasteiger partial charge in [0, 0.05) is 12.1 Å². The number of amides is 1. The van der Waals surface area contributed by atoms with Crippen molar-refractivity contribution in [1.29, 1.82) is 0 Å². The van der Waals surface area contributed by atoms with Crippen molar-refractivity contribution in [3.63, 3.8) is 0 Å². The van der Waals surface area contributed by atoms with Gasteiger partial charge in [-0.1, -0.05) is 35.9 Å². The number of aromatic nitrogens is 1. The van der Waals surface area contributed by atoms with Crippen molar-refractivity contribution in [2.24, 2.45) is 5.92 Å². The number of rotatable bonds is 2. The molecular weight excluding hydrogens is 260 g/mol. The van der Waals surface area contributed by atoms with Gasteiger partial charge in [0.1, 0.15) is 0 Å². The normalized spacial score (nSPS) is 14.2. The predicted molar refractivity (Wildman–Crippen MR) is 75.2 cm³/mol. The van der Waals surface area contributed by atoms with E-state index in [1.54, 1.807) is 18.5 Å². The molecular formula is C15H13ClN2O. The highest BCUT2D eigenvalue weighted by molar-refractivity contribution is 6.30. The molecule has 0 saturated heterocycles. The largest absolute Gasteiger partial charge is 0.324 e. The Morgan fingerprint density at radius 1 is 1.21 bits per heavy atom. The molecule has 2 aromatic rings. The molecule has 0 aliphatic heterocycles. The number of hydrogen-bond acceptors (Lipinski definition) is 2. The molecule has 3 rings (SSSR count). The summed E-state index contributed by atoms with van der Waals surface area (Å²) in [7, 11) is 0. The number of carbonyl (C=O) groups is 1. The van der Waals surface area contributed by atoms with E-state index in [0.29, 0.717) is 10.7 Å². The number of anilines is 1. The smallest absolute Gasteiger partial charge is 0.228 e. The third-order valence-electron chi connectivity index (χ3n) is 3.39. The molecule has 0 spiro atoms. The van der Waals surface area contributed by atoms with Crippen LogP contribution in [0.4, 0.5) is 5.69 Å². The van der Waals surface area contributed by atoms with Gasteiger partial charge < -0.3 is 5.32 Å². The van der Waals surface area contributed by atoms with Crippen LogP contribution in [0.25, 0.3) is 0 Å². The van der Waals surface area contributed by atoms with Crippen molar-refractivity contribution in [2.45, 2.75) is 12.8 Å². The molecule has 0 radical (unpaired) electrons. The second kappa shape index (κ2) is 5.02. The molecule has 4 heteroatoms. The Hall–Kier alpha value is -1.87. The lowest BCUT2D eigenvalue weighted by molar-refractivity contribution is -0.119. The lowest BCUT2D eigenvalue weighted by Crippen LogP contribution is -2.23. The topological polar surface area (TPSA) is 42.0 Å². The van der Waals surface area contributed by atoms with Crippen LogP contribution in [0, 0.1) is 5.92 Å². The van der Waals surface area contributed by atoms with Crippen molar-refractivity contribution >= 4 is 23.2 Å². The van der Waals surface area contributed by atoms with Gasteiger partial charge in [-0.15, -0.1) is 0 Å². The lowest BCUT2D eigenvalue weighted by atomic mass is 10.1. The number of fused-ring (bicyclic) bond motifs is 1. The van der Waals surface area contributed by atoms with E-state index in [1.165, 1.54) is 11.1 Å². The third-order valence-corrected chi connectivity index (χ3v) is 3.60. The summed E-state index contributed by atoms with van der Waals surface area (Å²) in [6, 6.07) is 9.90. The Bertz CT molecular complexity index is 602. The van der Waals surface area contributed by atoms with Gasteiger partial charge in [0.2, 0.25) is 5.91 Å². The van der Waals surface area contributed by atoms with E-state index in [2.05, 4.69) is 22.4 Å². The first-order valence-corrected chi connectivity index (χ1v) is 6.58. The first-order valence-electron chi connectivity index (χ1n) is 6.20. The quantitative estimate of drug-likeness (QED) is 0.913. The maximum atomic E-state index is 12.2. The summed E-state index contributed by atoms with van der Waals surface area (Å²) in [6.07, 6.45) is 4.75.